The summed E-state index contributed by atoms with van der Waals surface area (Å²) in [6, 6.07) is 50.6. The van der Waals surface area contributed by atoms with E-state index in [1.54, 1.807) is 72.8 Å². The molecule has 0 radical (unpaired) electrons. The normalized spacial score (nSPS) is 14.5. The second-order valence-corrected chi connectivity index (χ2v) is 31.9. The SMILES string of the molecule is Nc1ncnc2c1c(-c1ccc(NS(=O)(=O)c3cccc4ccccc34)c(F)c1)cn2C1CCCC1.Nc1ncnc2c1c(-c1ccc(NS(=O)(=O)c3ccccc3Br)c(F)c1)cn2C1CCCC1.Nc1ncnc2c1c(-c1ccc(NS(=O)c3ccc(-c4ccccc4)cc3)c(F)c1)cn2C1CCCC1.O. The highest BCUT2D eigenvalue weighted by molar-refractivity contribution is 9.10. The molecule has 21 nitrogen and oxygen atoms in total. The van der Waals surface area contributed by atoms with Crippen molar-refractivity contribution in [3.8, 4) is 44.5 Å². The van der Waals surface area contributed by atoms with E-state index in [0.717, 1.165) is 114 Å². The maximum atomic E-state index is 15.3. The fourth-order valence-electron chi connectivity index (χ4n) is 14.7. The number of nitrogen functional groups attached to an aromatic ring is 3. The quantitative estimate of drug-likeness (QED) is 0.0524. The summed E-state index contributed by atoms with van der Waals surface area (Å²) in [5, 5.41) is 3.43. The molecule has 0 spiro atoms. The van der Waals surface area contributed by atoms with Gasteiger partial charge in [-0.25, -0.2) is 64.1 Å². The molecule has 3 aliphatic carbocycles. The zero-order chi connectivity index (χ0) is 73.4. The number of halogens is 4. The summed E-state index contributed by atoms with van der Waals surface area (Å²) >= 11 is 3.23. The molecule has 28 heteroatoms. The Hall–Kier alpha value is -11.0. The van der Waals surface area contributed by atoms with Crippen molar-refractivity contribution in [2.75, 3.05) is 31.4 Å². The van der Waals surface area contributed by atoms with Crippen LogP contribution in [0.4, 0.5) is 47.7 Å². The van der Waals surface area contributed by atoms with Crippen molar-refractivity contribution in [1.82, 2.24) is 43.6 Å². The van der Waals surface area contributed by atoms with Gasteiger partial charge in [-0.05, 0) is 154 Å². The van der Waals surface area contributed by atoms with Crippen molar-refractivity contribution >= 4 is 125 Å². The number of nitrogens with one attached hydrogen (secondary N) is 3. The summed E-state index contributed by atoms with van der Waals surface area (Å²) in [6.45, 7) is 0. The lowest BCUT2D eigenvalue weighted by molar-refractivity contribution is 0.532. The van der Waals surface area contributed by atoms with Gasteiger partial charge in [0.2, 0.25) is 0 Å². The van der Waals surface area contributed by atoms with E-state index in [1.807, 2.05) is 79.3 Å². The Labute approximate surface area is 625 Å². The molecule has 0 saturated heterocycles. The van der Waals surface area contributed by atoms with Crippen LogP contribution in [0.15, 0.2) is 233 Å². The first kappa shape index (κ1) is 72.9. The molecule has 6 aromatic heterocycles. The van der Waals surface area contributed by atoms with Gasteiger partial charge in [-0.2, -0.15) is 0 Å². The first-order valence-corrected chi connectivity index (χ1v) is 39.6. The van der Waals surface area contributed by atoms with E-state index in [2.05, 4.69) is 73.7 Å². The van der Waals surface area contributed by atoms with Gasteiger partial charge in [0.15, 0.2) is 0 Å². The molecule has 3 saturated carbocycles. The first-order chi connectivity index (χ1) is 51.3. The minimum absolute atomic E-state index is 0. The molecule has 17 rings (SSSR count). The molecule has 0 aliphatic heterocycles. The molecule has 3 fully saturated rings. The molecule has 8 aromatic carbocycles. The fraction of sp³-hybridized carbons (Fsp3) is 0.190. The summed E-state index contributed by atoms with van der Waals surface area (Å²) in [5.74, 6) is -0.851. The summed E-state index contributed by atoms with van der Waals surface area (Å²) in [7, 11) is -9.61. The van der Waals surface area contributed by atoms with Crippen LogP contribution in [0, 0.1) is 17.5 Å². The van der Waals surface area contributed by atoms with Crippen molar-refractivity contribution in [2.24, 2.45) is 0 Å². The van der Waals surface area contributed by atoms with E-state index in [1.165, 1.54) is 74.3 Å². The molecule has 14 aromatic rings. The van der Waals surface area contributed by atoms with Crippen LogP contribution in [-0.4, -0.2) is 70.1 Å². The third-order valence-electron chi connectivity index (χ3n) is 19.9. The molecule has 6 heterocycles. The Morgan fingerprint density at radius 1 is 0.421 bits per heavy atom. The summed E-state index contributed by atoms with van der Waals surface area (Å²) in [4.78, 5) is 26.5. The van der Waals surface area contributed by atoms with Crippen LogP contribution in [-0.2, 0) is 31.0 Å². The highest BCUT2D eigenvalue weighted by atomic mass is 79.9. The number of anilines is 6. The molecular weight excluding hydrogens is 1490 g/mol. The van der Waals surface area contributed by atoms with Crippen molar-refractivity contribution in [2.45, 2.75) is 110 Å². The van der Waals surface area contributed by atoms with Crippen molar-refractivity contribution in [3.05, 3.63) is 235 Å². The number of benzene rings is 8. The number of aromatic nitrogens is 9. The lowest BCUT2D eigenvalue weighted by Crippen LogP contribution is -2.14. The Morgan fingerprint density at radius 3 is 1.22 bits per heavy atom. The molecule has 3 aliphatic rings. The van der Waals surface area contributed by atoms with E-state index >= 15 is 13.2 Å². The maximum Gasteiger partial charge on any atom is 0.263 e. The number of fused-ring (bicyclic) bond motifs is 4. The van der Waals surface area contributed by atoms with Gasteiger partial charge >= 0.3 is 0 Å². The van der Waals surface area contributed by atoms with Crippen LogP contribution in [0.5, 0.6) is 0 Å². The molecule has 546 valence electrons. The minimum Gasteiger partial charge on any atom is -0.412 e. The Morgan fingerprint density at radius 2 is 0.785 bits per heavy atom. The van der Waals surface area contributed by atoms with Crippen molar-refractivity contribution < 1.29 is 39.7 Å². The predicted molar refractivity (Wildman–Crippen MR) is 420 cm³/mol. The fourth-order valence-corrected chi connectivity index (χ4v) is 18.9. The van der Waals surface area contributed by atoms with Crippen molar-refractivity contribution in [3.63, 3.8) is 0 Å². The number of hydrogen-bond donors (Lipinski definition) is 6. The molecule has 1 atom stereocenters. The van der Waals surface area contributed by atoms with Gasteiger partial charge in [0.05, 0.1) is 43.0 Å². The maximum absolute atomic E-state index is 15.3. The molecule has 0 bridgehead atoms. The van der Waals surface area contributed by atoms with Crippen LogP contribution >= 0.6 is 15.9 Å². The molecule has 107 heavy (non-hydrogen) atoms. The zero-order valence-electron chi connectivity index (χ0n) is 57.5. The van der Waals surface area contributed by atoms with E-state index in [-0.39, 0.29) is 32.3 Å². The van der Waals surface area contributed by atoms with Crippen LogP contribution in [0.3, 0.4) is 0 Å². The number of hydrogen-bond acceptors (Lipinski definition) is 14. The summed E-state index contributed by atoms with van der Waals surface area (Å²) < 4.78 is 125. The number of rotatable bonds is 16. The predicted octanol–water partition coefficient (Wildman–Crippen LogP) is 17.3. The Bertz CT molecular complexity index is 5930. The van der Waals surface area contributed by atoms with Gasteiger partial charge in [-0.3, -0.25) is 14.2 Å². The number of sulfonamides is 2. The Balaban J connectivity index is 0.000000134. The van der Waals surface area contributed by atoms with Crippen LogP contribution in [0.2, 0.25) is 0 Å². The van der Waals surface area contributed by atoms with Gasteiger partial charge < -0.3 is 36.4 Å². The molecule has 0 amide bonds. The third kappa shape index (κ3) is 14.9. The lowest BCUT2D eigenvalue weighted by Gasteiger charge is -2.12. The zero-order valence-corrected chi connectivity index (χ0v) is 61.5. The van der Waals surface area contributed by atoms with E-state index in [9.17, 15) is 21.0 Å². The third-order valence-corrected chi connectivity index (χ3v) is 24.8. The highest BCUT2D eigenvalue weighted by Gasteiger charge is 2.29. The summed E-state index contributed by atoms with van der Waals surface area (Å²) in [6.07, 6.45) is 23.6. The molecule has 11 N–H and O–H groups in total. The van der Waals surface area contributed by atoms with Crippen molar-refractivity contribution in [1.29, 1.82) is 0 Å². The minimum atomic E-state index is -4.02. The monoisotopic (exact) mass is 1560 g/mol. The van der Waals surface area contributed by atoms with Gasteiger partial charge in [-0.1, -0.05) is 148 Å². The lowest BCUT2D eigenvalue weighted by atomic mass is 10.1. The number of nitrogens with zero attached hydrogens (tertiary/aromatic N) is 9. The largest absolute Gasteiger partial charge is 0.412 e. The average Bonchev–Trinajstić information content (AvgIpc) is 1.61. The van der Waals surface area contributed by atoms with E-state index in [4.69, 9.17) is 17.2 Å². The second kappa shape index (κ2) is 30.8. The Kier molecular flexibility index (Phi) is 21.0. The molecular formula is C79H73BrF3N15O6S3. The van der Waals surface area contributed by atoms with Crippen LogP contribution in [0.25, 0.3) is 88.4 Å². The highest BCUT2D eigenvalue weighted by Crippen LogP contribution is 2.44. The summed E-state index contributed by atoms with van der Waals surface area (Å²) in [5.41, 5.74) is 26.9. The smallest absolute Gasteiger partial charge is 0.263 e. The molecule has 1 unspecified atom stereocenters. The van der Waals surface area contributed by atoms with Gasteiger partial charge in [0.25, 0.3) is 20.0 Å². The van der Waals surface area contributed by atoms with Crippen LogP contribution < -0.4 is 31.4 Å². The topological polar surface area (TPSA) is 323 Å². The van der Waals surface area contributed by atoms with Gasteiger partial charge in [-0.15, -0.1) is 0 Å². The van der Waals surface area contributed by atoms with E-state index < -0.39 is 48.5 Å². The second-order valence-electron chi connectivity index (χ2n) is 26.5. The number of nitrogens with two attached hydrogens (primary N) is 3. The standard InChI is InChI=1S/C29H26FN5OS.C27H24FN5O2S.C23H21BrFN5O2S.H2O/c30-25-16-21(24-17-35(22-8-4-5-9-22)29-27(24)28(31)32-18-33-29)12-15-26(25)34-37(36)23-13-10-20(11-14-23)19-6-2-1-3-7-19;28-22-14-18(21-15-33(19-8-2-3-9-19)27-25(21)26(29)30-16-31-27)12-13-23(22)32-36(34,35)24-11-5-7-17-6-1-4-10-20(17)24;24-17-7-3-4-8-20(17)33(31,32)29-19-10-9-14(11-18(19)25)16-12-30(15-5-1-2-6-15)23-21(16)22(26)27-13-28-23;/h1-3,6-7,10-18,22,34H,4-5,8-9H2,(H2,31,32,33);1,4-7,10-16,19,32H,2-3,8-9H2,(H2,29,30,31);3-4,7-13,15,29H,1-2,5-6H2,(H2,26,27,28);1H2. The van der Waals surface area contributed by atoms with Gasteiger partial charge in [0, 0.05) is 63.3 Å². The first-order valence-electron chi connectivity index (χ1n) is 34.7. The van der Waals surface area contributed by atoms with Gasteiger partial charge in [0.1, 0.15) is 86.7 Å². The van der Waals surface area contributed by atoms with E-state index in [0.29, 0.717) is 83.4 Å². The average molecular weight is 1560 g/mol. The van der Waals surface area contributed by atoms with Crippen LogP contribution in [0.1, 0.15) is 95.2 Å².